The number of nitrogens with zero attached hydrogens (tertiary/aromatic N) is 3. The molecule has 168 valence electrons. The molecule has 2 heterocycles. The fourth-order valence-electron chi connectivity index (χ4n) is 3.96. The van der Waals surface area contributed by atoms with Crippen molar-refractivity contribution in [3.63, 3.8) is 0 Å². The summed E-state index contributed by atoms with van der Waals surface area (Å²) in [5.74, 6) is 1.31. The molecule has 3 aromatic rings. The van der Waals surface area contributed by atoms with Gasteiger partial charge >= 0.3 is 0 Å². The van der Waals surface area contributed by atoms with Crippen molar-refractivity contribution in [3.8, 4) is 5.75 Å². The van der Waals surface area contributed by atoms with Gasteiger partial charge in [-0.15, -0.1) is 0 Å². The first-order valence-electron chi connectivity index (χ1n) is 10.3. The Hall–Kier alpha value is -3.17. The van der Waals surface area contributed by atoms with Crippen LogP contribution in [0.1, 0.15) is 35.8 Å². The molecule has 0 radical (unpaired) electrons. The first-order valence-corrected chi connectivity index (χ1v) is 11.8. The second kappa shape index (κ2) is 8.76. The molecule has 0 bridgehead atoms. The Bertz CT molecular complexity index is 1240. The van der Waals surface area contributed by atoms with Crippen LogP contribution in [-0.2, 0) is 21.9 Å². The van der Waals surface area contributed by atoms with Crippen LogP contribution in [0.2, 0.25) is 0 Å². The van der Waals surface area contributed by atoms with Crippen molar-refractivity contribution in [3.05, 3.63) is 71.8 Å². The SMILES string of the molecule is COc1ccc(C(NS(=O)(=O)c2ccc(N3CCCC3=O)cc2C)c2nccn2C)cc1. The Morgan fingerprint density at radius 2 is 1.91 bits per heavy atom. The lowest BCUT2D eigenvalue weighted by Crippen LogP contribution is -2.31. The molecule has 1 saturated heterocycles. The number of benzene rings is 2. The highest BCUT2D eigenvalue weighted by Gasteiger charge is 2.28. The maximum atomic E-state index is 13.4. The lowest BCUT2D eigenvalue weighted by atomic mass is 10.1. The average molecular weight is 455 g/mol. The Kier molecular flexibility index (Phi) is 6.03. The lowest BCUT2D eigenvalue weighted by molar-refractivity contribution is -0.117. The summed E-state index contributed by atoms with van der Waals surface area (Å²) in [6, 6.07) is 11.5. The van der Waals surface area contributed by atoms with Crippen LogP contribution in [0.15, 0.2) is 59.8 Å². The molecule has 0 spiro atoms. The van der Waals surface area contributed by atoms with Gasteiger partial charge in [0.15, 0.2) is 0 Å². The largest absolute Gasteiger partial charge is 0.497 e. The Morgan fingerprint density at radius 3 is 2.47 bits per heavy atom. The molecular weight excluding hydrogens is 428 g/mol. The number of nitrogens with one attached hydrogen (secondary N) is 1. The Morgan fingerprint density at radius 1 is 1.16 bits per heavy atom. The van der Waals surface area contributed by atoms with Crippen molar-refractivity contribution in [2.24, 2.45) is 7.05 Å². The molecule has 1 aromatic heterocycles. The number of amides is 1. The average Bonchev–Trinajstić information content (AvgIpc) is 3.40. The Balaban J connectivity index is 1.68. The molecule has 32 heavy (non-hydrogen) atoms. The van der Waals surface area contributed by atoms with Crippen molar-refractivity contribution in [1.29, 1.82) is 0 Å². The minimum Gasteiger partial charge on any atom is -0.497 e. The van der Waals surface area contributed by atoms with Crippen LogP contribution in [0.3, 0.4) is 0 Å². The number of hydrogen-bond acceptors (Lipinski definition) is 5. The summed E-state index contributed by atoms with van der Waals surface area (Å²) in [6.07, 6.45) is 4.74. The number of carbonyl (C=O) groups excluding carboxylic acids is 1. The van der Waals surface area contributed by atoms with E-state index in [1.807, 2.05) is 19.2 Å². The molecule has 9 heteroatoms. The van der Waals surface area contributed by atoms with Crippen LogP contribution in [0.25, 0.3) is 0 Å². The molecule has 1 amide bonds. The van der Waals surface area contributed by atoms with Crippen molar-refractivity contribution in [1.82, 2.24) is 14.3 Å². The molecule has 1 unspecified atom stereocenters. The minimum absolute atomic E-state index is 0.0625. The standard InChI is InChI=1S/C23H26N4O4S/c1-16-15-18(27-13-4-5-21(27)28)8-11-20(16)32(29,30)25-22(23-24-12-14-26(23)2)17-6-9-19(31-3)10-7-17/h6-12,14-15,22,25H,4-5,13H2,1-3H3. The van der Waals surface area contributed by atoms with E-state index >= 15 is 0 Å². The van der Waals surface area contributed by atoms with Gasteiger partial charge in [0.05, 0.1) is 12.0 Å². The third kappa shape index (κ3) is 4.26. The van der Waals surface area contributed by atoms with E-state index in [1.165, 1.54) is 0 Å². The summed E-state index contributed by atoms with van der Waals surface area (Å²) in [5, 5.41) is 0. The number of rotatable bonds is 7. The zero-order valence-electron chi connectivity index (χ0n) is 18.3. The number of aromatic nitrogens is 2. The van der Waals surface area contributed by atoms with Crippen LogP contribution in [0.5, 0.6) is 5.75 Å². The molecule has 1 N–H and O–H groups in total. The van der Waals surface area contributed by atoms with Gasteiger partial charge in [-0.25, -0.2) is 13.4 Å². The smallest absolute Gasteiger partial charge is 0.241 e. The van der Waals surface area contributed by atoms with Gasteiger partial charge in [0, 0.05) is 38.1 Å². The number of methoxy groups -OCH3 is 1. The highest BCUT2D eigenvalue weighted by atomic mass is 32.2. The number of imidazole rings is 1. The maximum absolute atomic E-state index is 13.4. The number of aryl methyl sites for hydroxylation is 2. The lowest BCUT2D eigenvalue weighted by Gasteiger charge is -2.21. The number of anilines is 1. The molecule has 0 aliphatic carbocycles. The third-order valence-corrected chi connectivity index (χ3v) is 7.25. The van der Waals surface area contributed by atoms with Gasteiger partial charge in [-0.05, 0) is 54.8 Å². The van der Waals surface area contributed by atoms with Gasteiger partial charge < -0.3 is 14.2 Å². The summed E-state index contributed by atoms with van der Waals surface area (Å²) >= 11 is 0. The van der Waals surface area contributed by atoms with Crippen LogP contribution in [-0.4, -0.2) is 37.5 Å². The van der Waals surface area contributed by atoms with Gasteiger partial charge in [0.25, 0.3) is 0 Å². The molecule has 0 saturated carbocycles. The van der Waals surface area contributed by atoms with Gasteiger partial charge in [-0.3, -0.25) is 4.79 Å². The molecular formula is C23H26N4O4S. The van der Waals surface area contributed by atoms with Crippen LogP contribution in [0, 0.1) is 6.92 Å². The summed E-state index contributed by atoms with van der Waals surface area (Å²) in [6.45, 7) is 2.39. The fourth-order valence-corrected chi connectivity index (χ4v) is 5.37. The first-order chi connectivity index (χ1) is 15.3. The van der Waals surface area contributed by atoms with Gasteiger partial charge in [-0.2, -0.15) is 4.72 Å². The van der Waals surface area contributed by atoms with E-state index in [0.29, 0.717) is 30.1 Å². The topological polar surface area (TPSA) is 93.5 Å². The number of sulfonamides is 1. The van der Waals surface area contributed by atoms with E-state index in [4.69, 9.17) is 4.74 Å². The molecule has 4 rings (SSSR count). The van der Waals surface area contributed by atoms with Crippen molar-refractivity contribution in [2.75, 3.05) is 18.6 Å². The minimum atomic E-state index is -3.89. The quantitative estimate of drug-likeness (QED) is 0.593. The third-order valence-electron chi connectivity index (χ3n) is 5.67. The fraction of sp³-hybridized carbons (Fsp3) is 0.304. The first kappa shape index (κ1) is 22.0. The number of ether oxygens (including phenoxy) is 1. The zero-order chi connectivity index (χ0) is 22.9. The highest BCUT2D eigenvalue weighted by molar-refractivity contribution is 7.89. The predicted molar refractivity (Wildman–Crippen MR) is 121 cm³/mol. The van der Waals surface area contributed by atoms with Crippen molar-refractivity contribution >= 4 is 21.6 Å². The number of carbonyl (C=O) groups is 1. The van der Waals surface area contributed by atoms with Crippen molar-refractivity contribution in [2.45, 2.75) is 30.7 Å². The molecule has 8 nitrogen and oxygen atoms in total. The van der Waals surface area contributed by atoms with E-state index in [2.05, 4.69) is 9.71 Å². The van der Waals surface area contributed by atoms with Gasteiger partial charge in [-0.1, -0.05) is 12.1 Å². The van der Waals surface area contributed by atoms with Crippen LogP contribution in [0.4, 0.5) is 5.69 Å². The van der Waals surface area contributed by atoms with E-state index in [1.54, 1.807) is 66.2 Å². The molecule has 1 aliphatic rings. The summed E-state index contributed by atoms with van der Waals surface area (Å²) in [4.78, 5) is 18.3. The zero-order valence-corrected chi connectivity index (χ0v) is 19.1. The summed E-state index contributed by atoms with van der Waals surface area (Å²) < 4.78 is 36.6. The van der Waals surface area contributed by atoms with Gasteiger partial charge in [0.1, 0.15) is 17.6 Å². The predicted octanol–water partition coefficient (Wildman–Crippen LogP) is 2.93. The van der Waals surface area contributed by atoms with E-state index in [9.17, 15) is 13.2 Å². The number of hydrogen-bond donors (Lipinski definition) is 1. The molecule has 2 aromatic carbocycles. The molecule has 1 aliphatic heterocycles. The molecule has 1 fully saturated rings. The Labute approximate surface area is 187 Å². The monoisotopic (exact) mass is 454 g/mol. The van der Waals surface area contributed by atoms with E-state index in [0.717, 1.165) is 17.7 Å². The van der Waals surface area contributed by atoms with E-state index in [-0.39, 0.29) is 10.8 Å². The summed E-state index contributed by atoms with van der Waals surface area (Å²) in [7, 11) is -0.489. The van der Waals surface area contributed by atoms with Crippen molar-refractivity contribution < 1.29 is 17.9 Å². The van der Waals surface area contributed by atoms with E-state index < -0.39 is 16.1 Å². The second-order valence-corrected chi connectivity index (χ2v) is 9.50. The van der Waals surface area contributed by atoms with Gasteiger partial charge in [0.2, 0.25) is 15.9 Å². The van der Waals surface area contributed by atoms with Crippen LogP contribution >= 0.6 is 0 Å². The normalized spacial score (nSPS) is 15.2. The summed E-state index contributed by atoms with van der Waals surface area (Å²) in [5.41, 5.74) is 2.03. The second-order valence-electron chi connectivity index (χ2n) is 7.82. The van der Waals surface area contributed by atoms with Crippen LogP contribution < -0.4 is 14.4 Å². The highest BCUT2D eigenvalue weighted by Crippen LogP contribution is 2.29. The maximum Gasteiger partial charge on any atom is 0.241 e. The molecule has 1 atom stereocenters.